The molecule has 0 unspecified atom stereocenters. The van der Waals surface area contributed by atoms with Crippen LogP contribution in [0.3, 0.4) is 0 Å². The van der Waals surface area contributed by atoms with Crippen molar-refractivity contribution in [3.63, 3.8) is 0 Å². The van der Waals surface area contributed by atoms with E-state index in [2.05, 4.69) is 4.72 Å². The Morgan fingerprint density at radius 1 is 1.53 bits per heavy atom. The molecule has 0 amide bonds. The van der Waals surface area contributed by atoms with Gasteiger partial charge in [0.25, 0.3) is 0 Å². The number of nitrogens with one attached hydrogen (secondary N) is 1. The Hall–Kier alpha value is -0.780. The molecule has 1 N–H and O–H groups in total. The van der Waals surface area contributed by atoms with Gasteiger partial charge in [-0.2, -0.15) is 0 Å². The summed E-state index contributed by atoms with van der Waals surface area (Å²) in [6.45, 7) is 2.06. The van der Waals surface area contributed by atoms with E-state index < -0.39 is 10.0 Å². The van der Waals surface area contributed by atoms with Crippen LogP contribution < -0.4 is 9.46 Å². The van der Waals surface area contributed by atoms with E-state index in [4.69, 9.17) is 16.3 Å². The van der Waals surface area contributed by atoms with Crippen molar-refractivity contribution < 1.29 is 13.2 Å². The van der Waals surface area contributed by atoms with Crippen LogP contribution in [0.5, 0.6) is 5.75 Å². The summed E-state index contributed by atoms with van der Waals surface area (Å²) in [6, 6.07) is 4.56. The fourth-order valence-corrected chi connectivity index (χ4v) is 2.86. The third-order valence-electron chi connectivity index (χ3n) is 2.08. The molecule has 0 bridgehead atoms. The first-order valence-corrected chi connectivity index (χ1v) is 6.31. The standard InChI is InChI=1S/C9H10ClNO3S/c1-6-5-11-15(12,13)9-4-7(10)2-3-8(9)14-6/h2-4,6,11H,5H2,1H3/t6-/m1/s1. The summed E-state index contributed by atoms with van der Waals surface area (Å²) in [5, 5.41) is 0.372. The first-order chi connectivity index (χ1) is 6.99. The number of halogens is 1. The van der Waals surface area contributed by atoms with Gasteiger partial charge in [0.15, 0.2) is 0 Å². The molecule has 0 aromatic heterocycles. The smallest absolute Gasteiger partial charge is 0.244 e. The maximum atomic E-state index is 11.7. The monoisotopic (exact) mass is 247 g/mol. The second kappa shape index (κ2) is 3.66. The summed E-state index contributed by atoms with van der Waals surface area (Å²) in [5.74, 6) is 0.344. The minimum atomic E-state index is -3.49. The number of sulfonamides is 1. The average molecular weight is 248 g/mol. The van der Waals surface area contributed by atoms with Gasteiger partial charge < -0.3 is 4.74 Å². The molecular formula is C9H10ClNO3S. The van der Waals surface area contributed by atoms with E-state index in [1.54, 1.807) is 19.1 Å². The lowest BCUT2D eigenvalue weighted by Crippen LogP contribution is -2.29. The van der Waals surface area contributed by atoms with Gasteiger partial charge in [0.1, 0.15) is 16.7 Å². The molecule has 2 rings (SSSR count). The minimum Gasteiger partial charge on any atom is -0.488 e. The first kappa shape index (κ1) is 10.7. The first-order valence-electron chi connectivity index (χ1n) is 4.45. The average Bonchev–Trinajstić information content (AvgIpc) is 2.27. The van der Waals surface area contributed by atoms with Crippen molar-refractivity contribution in [3.8, 4) is 5.75 Å². The zero-order chi connectivity index (χ0) is 11.1. The van der Waals surface area contributed by atoms with Crippen LogP contribution in [0.1, 0.15) is 6.92 Å². The fraction of sp³-hybridized carbons (Fsp3) is 0.333. The highest BCUT2D eigenvalue weighted by atomic mass is 35.5. The SMILES string of the molecule is C[C@@H]1CNS(=O)(=O)c2cc(Cl)ccc2O1. The molecule has 82 valence electrons. The van der Waals surface area contributed by atoms with Crippen molar-refractivity contribution in [2.75, 3.05) is 6.54 Å². The molecule has 0 aliphatic carbocycles. The Balaban J connectivity index is 2.61. The lowest BCUT2D eigenvalue weighted by Gasteiger charge is -2.10. The number of rotatable bonds is 0. The van der Waals surface area contributed by atoms with Crippen LogP contribution in [0.15, 0.2) is 23.1 Å². The van der Waals surface area contributed by atoms with Crippen LogP contribution in [-0.4, -0.2) is 21.1 Å². The molecule has 1 aliphatic heterocycles. The van der Waals surface area contributed by atoms with Crippen molar-refractivity contribution in [3.05, 3.63) is 23.2 Å². The molecule has 1 aromatic rings. The summed E-state index contributed by atoms with van der Waals surface area (Å²) in [4.78, 5) is 0.0966. The number of hydrogen-bond donors (Lipinski definition) is 1. The van der Waals surface area contributed by atoms with E-state index in [0.29, 0.717) is 10.8 Å². The number of fused-ring (bicyclic) bond motifs is 1. The van der Waals surface area contributed by atoms with Gasteiger partial charge in [-0.25, -0.2) is 13.1 Å². The van der Waals surface area contributed by atoms with Crippen LogP contribution in [0, 0.1) is 0 Å². The predicted octanol–water partition coefficient (Wildman–Crippen LogP) is 1.40. The maximum absolute atomic E-state index is 11.7. The van der Waals surface area contributed by atoms with Crippen LogP contribution in [-0.2, 0) is 10.0 Å². The van der Waals surface area contributed by atoms with Gasteiger partial charge in [-0.15, -0.1) is 0 Å². The van der Waals surface area contributed by atoms with Gasteiger partial charge >= 0.3 is 0 Å². The normalized spacial score (nSPS) is 23.7. The van der Waals surface area contributed by atoms with Gasteiger partial charge in [-0.05, 0) is 25.1 Å². The van der Waals surface area contributed by atoms with Crippen molar-refractivity contribution in [1.82, 2.24) is 4.72 Å². The van der Waals surface area contributed by atoms with Crippen LogP contribution in [0.25, 0.3) is 0 Å². The molecule has 1 aromatic carbocycles. The van der Waals surface area contributed by atoms with Gasteiger partial charge in [-0.3, -0.25) is 0 Å². The molecule has 4 nitrogen and oxygen atoms in total. The second-order valence-electron chi connectivity index (χ2n) is 3.37. The van der Waals surface area contributed by atoms with Gasteiger partial charge in [0, 0.05) is 11.6 Å². The quantitative estimate of drug-likeness (QED) is 0.754. The van der Waals surface area contributed by atoms with E-state index in [1.807, 2.05) is 0 Å². The zero-order valence-corrected chi connectivity index (χ0v) is 9.60. The van der Waals surface area contributed by atoms with E-state index in [-0.39, 0.29) is 17.5 Å². The maximum Gasteiger partial charge on any atom is 0.244 e. The molecule has 6 heteroatoms. The number of hydrogen-bond acceptors (Lipinski definition) is 3. The Morgan fingerprint density at radius 3 is 3.00 bits per heavy atom. The summed E-state index contributed by atoms with van der Waals surface area (Å²) < 4.78 is 31.4. The third kappa shape index (κ3) is 2.09. The molecule has 1 atom stereocenters. The molecule has 1 heterocycles. The molecule has 15 heavy (non-hydrogen) atoms. The highest BCUT2D eigenvalue weighted by Gasteiger charge is 2.25. The molecule has 0 saturated carbocycles. The Labute approximate surface area is 93.2 Å². The van der Waals surface area contributed by atoms with E-state index in [1.165, 1.54) is 6.07 Å². The molecule has 0 radical (unpaired) electrons. The lowest BCUT2D eigenvalue weighted by molar-refractivity contribution is 0.224. The molecular weight excluding hydrogens is 238 g/mol. The van der Waals surface area contributed by atoms with Gasteiger partial charge in [-0.1, -0.05) is 11.6 Å². The molecule has 0 fully saturated rings. The van der Waals surface area contributed by atoms with Crippen LogP contribution >= 0.6 is 11.6 Å². The highest BCUT2D eigenvalue weighted by Crippen LogP contribution is 2.29. The summed E-state index contributed by atoms with van der Waals surface area (Å²) >= 11 is 5.75. The largest absolute Gasteiger partial charge is 0.488 e. The summed E-state index contributed by atoms with van der Waals surface area (Å²) in [6.07, 6.45) is -0.192. The van der Waals surface area contributed by atoms with E-state index in [0.717, 1.165) is 0 Å². The van der Waals surface area contributed by atoms with Crippen molar-refractivity contribution in [2.45, 2.75) is 17.9 Å². The highest BCUT2D eigenvalue weighted by molar-refractivity contribution is 7.89. The second-order valence-corrected chi connectivity index (χ2v) is 5.54. The van der Waals surface area contributed by atoms with Crippen LogP contribution in [0.2, 0.25) is 5.02 Å². The van der Waals surface area contributed by atoms with E-state index >= 15 is 0 Å². The Morgan fingerprint density at radius 2 is 2.27 bits per heavy atom. The fourth-order valence-electron chi connectivity index (χ4n) is 1.35. The molecule has 1 aliphatic rings. The Kier molecular flexibility index (Phi) is 2.62. The zero-order valence-electron chi connectivity index (χ0n) is 8.03. The lowest BCUT2D eigenvalue weighted by atomic mass is 10.3. The molecule has 0 spiro atoms. The van der Waals surface area contributed by atoms with Gasteiger partial charge in [0.05, 0.1) is 0 Å². The minimum absolute atomic E-state index is 0.0966. The summed E-state index contributed by atoms with van der Waals surface area (Å²) in [7, 11) is -3.49. The third-order valence-corrected chi connectivity index (χ3v) is 3.76. The summed E-state index contributed by atoms with van der Waals surface area (Å²) in [5.41, 5.74) is 0. The van der Waals surface area contributed by atoms with Crippen LogP contribution in [0.4, 0.5) is 0 Å². The Bertz CT molecular complexity index is 486. The van der Waals surface area contributed by atoms with E-state index in [9.17, 15) is 8.42 Å². The topological polar surface area (TPSA) is 55.4 Å². The van der Waals surface area contributed by atoms with Gasteiger partial charge in [0.2, 0.25) is 10.0 Å². The van der Waals surface area contributed by atoms with Crippen molar-refractivity contribution in [1.29, 1.82) is 0 Å². The van der Waals surface area contributed by atoms with Crippen molar-refractivity contribution >= 4 is 21.6 Å². The number of ether oxygens (including phenoxy) is 1. The van der Waals surface area contributed by atoms with Crippen molar-refractivity contribution in [2.24, 2.45) is 0 Å². The molecule has 0 saturated heterocycles. The predicted molar refractivity (Wildman–Crippen MR) is 56.7 cm³/mol. The number of benzene rings is 1.